The molecule has 11 heavy (non-hydrogen) atoms. The summed E-state index contributed by atoms with van der Waals surface area (Å²) in [4.78, 5) is 0. The topological polar surface area (TPSA) is 21.3 Å². The molecule has 0 aromatic carbocycles. The van der Waals surface area contributed by atoms with Gasteiger partial charge in [-0.15, -0.1) is 12.4 Å². The minimum absolute atomic E-state index is 0. The summed E-state index contributed by atoms with van der Waals surface area (Å²) in [6.45, 7) is 3.93. The average Bonchev–Trinajstić information content (AvgIpc) is 2.46. The first-order valence-corrected chi connectivity index (χ1v) is 3.93. The minimum atomic E-state index is -0.0700. The van der Waals surface area contributed by atoms with Gasteiger partial charge < -0.3 is 4.74 Å². The molecule has 2 unspecified atom stereocenters. The molecule has 1 aliphatic heterocycles. The zero-order valence-corrected chi connectivity index (χ0v) is 7.49. The zero-order valence-electron chi connectivity index (χ0n) is 6.67. The molecule has 1 saturated heterocycles. The zero-order chi connectivity index (χ0) is 7.03. The highest BCUT2D eigenvalue weighted by atomic mass is 35.5. The van der Waals surface area contributed by atoms with Crippen LogP contribution in [0.1, 0.15) is 13.3 Å². The maximum absolute atomic E-state index is 5.58. The number of rotatable bonds is 2. The van der Waals surface area contributed by atoms with Crippen molar-refractivity contribution in [2.45, 2.75) is 19.1 Å². The second-order valence-corrected chi connectivity index (χ2v) is 3.03. The van der Waals surface area contributed by atoms with E-state index in [1.807, 2.05) is 6.92 Å². The van der Waals surface area contributed by atoms with Crippen molar-refractivity contribution in [3.05, 3.63) is 12.2 Å². The number of fused-ring (bicyclic) bond motifs is 2. The molecule has 0 radical (unpaired) electrons. The SMILES string of the molecule is CCOC12C=CC(CN1)C2.Cl. The first-order chi connectivity index (χ1) is 4.85. The third-order valence-electron chi connectivity index (χ3n) is 2.27. The molecule has 2 atom stereocenters. The normalized spacial score (nSPS) is 39.2. The predicted molar refractivity (Wildman–Crippen MR) is 46.9 cm³/mol. The van der Waals surface area contributed by atoms with Crippen LogP contribution >= 0.6 is 12.4 Å². The Balaban J connectivity index is 0.000000605. The van der Waals surface area contributed by atoms with Crippen molar-refractivity contribution in [1.82, 2.24) is 5.32 Å². The molecule has 0 spiro atoms. The van der Waals surface area contributed by atoms with Crippen LogP contribution < -0.4 is 5.32 Å². The van der Waals surface area contributed by atoms with Crippen molar-refractivity contribution in [2.75, 3.05) is 13.2 Å². The summed E-state index contributed by atoms with van der Waals surface area (Å²) < 4.78 is 5.58. The predicted octanol–water partition coefficient (Wildman–Crippen LogP) is 1.32. The fourth-order valence-electron chi connectivity index (χ4n) is 1.81. The van der Waals surface area contributed by atoms with Gasteiger partial charge in [0.1, 0.15) is 5.72 Å². The molecule has 0 saturated carbocycles. The molecule has 3 heteroatoms. The van der Waals surface area contributed by atoms with E-state index >= 15 is 0 Å². The van der Waals surface area contributed by atoms with Gasteiger partial charge in [0.15, 0.2) is 0 Å². The summed E-state index contributed by atoms with van der Waals surface area (Å²) in [6, 6.07) is 0. The molecule has 2 nitrogen and oxygen atoms in total. The summed E-state index contributed by atoms with van der Waals surface area (Å²) in [6.07, 6.45) is 5.55. The molecule has 1 aliphatic carbocycles. The van der Waals surface area contributed by atoms with E-state index in [0.29, 0.717) is 0 Å². The number of hydrogen-bond acceptors (Lipinski definition) is 2. The van der Waals surface area contributed by atoms with Crippen molar-refractivity contribution in [3.63, 3.8) is 0 Å². The lowest BCUT2D eigenvalue weighted by Crippen LogP contribution is -2.40. The summed E-state index contributed by atoms with van der Waals surface area (Å²) in [7, 11) is 0. The van der Waals surface area contributed by atoms with Gasteiger partial charge in [-0.3, -0.25) is 5.32 Å². The molecule has 2 aliphatic rings. The van der Waals surface area contributed by atoms with Gasteiger partial charge in [-0.1, -0.05) is 6.08 Å². The standard InChI is InChI=1S/C8H13NO.ClH/c1-2-10-8-4-3-7(5-8)6-9-8;/h3-4,7,9H,2,5-6H2,1H3;1H. The van der Waals surface area contributed by atoms with Crippen molar-refractivity contribution in [1.29, 1.82) is 0 Å². The lowest BCUT2D eigenvalue weighted by Gasteiger charge is -2.23. The summed E-state index contributed by atoms with van der Waals surface area (Å²) in [5.74, 6) is 0.728. The Morgan fingerprint density at radius 2 is 2.55 bits per heavy atom. The van der Waals surface area contributed by atoms with Crippen LogP contribution in [0.3, 0.4) is 0 Å². The van der Waals surface area contributed by atoms with Gasteiger partial charge >= 0.3 is 0 Å². The summed E-state index contributed by atoms with van der Waals surface area (Å²) >= 11 is 0. The van der Waals surface area contributed by atoms with Crippen molar-refractivity contribution >= 4 is 12.4 Å². The van der Waals surface area contributed by atoms with Gasteiger partial charge in [-0.2, -0.15) is 0 Å². The fourth-order valence-corrected chi connectivity index (χ4v) is 1.81. The van der Waals surface area contributed by atoms with Crippen LogP contribution in [0.5, 0.6) is 0 Å². The van der Waals surface area contributed by atoms with Crippen molar-refractivity contribution in [2.24, 2.45) is 5.92 Å². The minimum Gasteiger partial charge on any atom is -0.357 e. The van der Waals surface area contributed by atoms with E-state index in [1.165, 1.54) is 0 Å². The van der Waals surface area contributed by atoms with Crippen LogP contribution in [-0.2, 0) is 4.74 Å². The molecule has 2 rings (SSSR count). The first-order valence-electron chi connectivity index (χ1n) is 3.93. The highest BCUT2D eigenvalue weighted by Crippen LogP contribution is 2.33. The smallest absolute Gasteiger partial charge is 0.138 e. The molecular weight excluding hydrogens is 162 g/mol. The first kappa shape index (κ1) is 9.04. The third-order valence-corrected chi connectivity index (χ3v) is 2.27. The highest BCUT2D eigenvalue weighted by Gasteiger charge is 2.40. The molecule has 2 bridgehead atoms. The maximum atomic E-state index is 5.58. The number of hydrogen-bond donors (Lipinski definition) is 1. The lowest BCUT2D eigenvalue weighted by atomic mass is 10.1. The van der Waals surface area contributed by atoms with Gasteiger partial charge in [0, 0.05) is 19.6 Å². The van der Waals surface area contributed by atoms with E-state index in [9.17, 15) is 0 Å². The summed E-state index contributed by atoms with van der Waals surface area (Å²) in [5, 5.41) is 3.36. The van der Waals surface area contributed by atoms with E-state index in [2.05, 4.69) is 17.5 Å². The van der Waals surface area contributed by atoms with Gasteiger partial charge in [-0.05, 0) is 18.9 Å². The molecule has 1 fully saturated rings. The Labute approximate surface area is 73.4 Å². The Kier molecular flexibility index (Phi) is 2.58. The molecule has 1 N–H and O–H groups in total. The maximum Gasteiger partial charge on any atom is 0.138 e. The van der Waals surface area contributed by atoms with Crippen LogP contribution in [0, 0.1) is 5.92 Å². The number of ether oxygens (including phenoxy) is 1. The Hall–Kier alpha value is -0.0500. The van der Waals surface area contributed by atoms with Crippen LogP contribution in [0.2, 0.25) is 0 Å². The average molecular weight is 176 g/mol. The second kappa shape index (κ2) is 3.13. The fraction of sp³-hybridized carbons (Fsp3) is 0.750. The number of nitrogens with one attached hydrogen (secondary N) is 1. The largest absolute Gasteiger partial charge is 0.357 e. The molecule has 0 aromatic heterocycles. The molecule has 64 valence electrons. The van der Waals surface area contributed by atoms with E-state index in [4.69, 9.17) is 4.74 Å². The quantitative estimate of drug-likeness (QED) is 0.640. The van der Waals surface area contributed by atoms with E-state index in [1.54, 1.807) is 0 Å². The van der Waals surface area contributed by atoms with Gasteiger partial charge in [0.05, 0.1) is 0 Å². The van der Waals surface area contributed by atoms with Gasteiger partial charge in [0.25, 0.3) is 0 Å². The Morgan fingerprint density at radius 3 is 2.91 bits per heavy atom. The molecule has 1 heterocycles. The van der Waals surface area contributed by atoms with Crippen LogP contribution in [0.15, 0.2) is 12.2 Å². The Bertz CT molecular complexity index is 171. The molecule has 0 amide bonds. The second-order valence-electron chi connectivity index (χ2n) is 3.03. The third kappa shape index (κ3) is 1.43. The Morgan fingerprint density at radius 1 is 1.73 bits per heavy atom. The van der Waals surface area contributed by atoms with Crippen LogP contribution in [-0.4, -0.2) is 18.9 Å². The van der Waals surface area contributed by atoms with Crippen molar-refractivity contribution in [3.8, 4) is 0 Å². The van der Waals surface area contributed by atoms with Crippen LogP contribution in [0.4, 0.5) is 0 Å². The summed E-state index contributed by atoms with van der Waals surface area (Å²) in [5.41, 5.74) is -0.0700. The van der Waals surface area contributed by atoms with E-state index in [-0.39, 0.29) is 18.1 Å². The van der Waals surface area contributed by atoms with E-state index < -0.39 is 0 Å². The molecular formula is C8H14ClNO. The monoisotopic (exact) mass is 175 g/mol. The molecule has 0 aromatic rings. The van der Waals surface area contributed by atoms with Gasteiger partial charge in [0.2, 0.25) is 0 Å². The van der Waals surface area contributed by atoms with E-state index in [0.717, 1.165) is 25.5 Å². The lowest BCUT2D eigenvalue weighted by molar-refractivity contribution is -0.00990. The van der Waals surface area contributed by atoms with Crippen molar-refractivity contribution < 1.29 is 4.74 Å². The number of halogens is 1. The van der Waals surface area contributed by atoms with Gasteiger partial charge in [-0.25, -0.2) is 0 Å². The van der Waals surface area contributed by atoms with Crippen LogP contribution in [0.25, 0.3) is 0 Å². The highest BCUT2D eigenvalue weighted by molar-refractivity contribution is 5.85.